The lowest BCUT2D eigenvalue weighted by atomic mass is 10.1. The van der Waals surface area contributed by atoms with Gasteiger partial charge in [-0.1, -0.05) is 70.4 Å². The third-order valence-corrected chi connectivity index (χ3v) is 4.97. The van der Waals surface area contributed by atoms with Crippen LogP contribution in [0, 0.1) is 0 Å². The molecule has 0 aromatic heterocycles. The molecule has 0 rings (SSSR count). The first-order valence-electron chi connectivity index (χ1n) is 11.8. The van der Waals surface area contributed by atoms with Crippen molar-refractivity contribution in [2.75, 3.05) is 13.1 Å². The molecule has 0 bridgehead atoms. The molecule has 0 aromatic carbocycles. The van der Waals surface area contributed by atoms with Crippen LogP contribution in [0.3, 0.4) is 0 Å². The van der Waals surface area contributed by atoms with Crippen molar-refractivity contribution in [1.29, 1.82) is 0 Å². The molecule has 0 aromatic rings. The molecule has 4 nitrogen and oxygen atoms in total. The summed E-state index contributed by atoms with van der Waals surface area (Å²) in [5.41, 5.74) is 0. The van der Waals surface area contributed by atoms with E-state index in [4.69, 9.17) is 0 Å². The smallest absolute Gasteiger partial charge is 0.222 e. The quantitative estimate of drug-likeness (QED) is 0.220. The van der Waals surface area contributed by atoms with Gasteiger partial charge in [-0.25, -0.2) is 0 Å². The van der Waals surface area contributed by atoms with Gasteiger partial charge in [-0.15, -0.1) is 0 Å². The van der Waals surface area contributed by atoms with E-state index in [1.54, 1.807) is 18.7 Å². The minimum atomic E-state index is -0.559. The molecular weight excluding hydrogens is 350 g/mol. The zero-order chi connectivity index (χ0) is 21.0. The number of unbranched alkanes of at least 4 members (excludes halogenated alkanes) is 11. The maximum Gasteiger partial charge on any atom is 0.222 e. The Morgan fingerprint density at radius 1 is 0.750 bits per heavy atom. The Hall–Kier alpha value is -0.870. The normalized spacial score (nSPS) is 13.8. The third-order valence-electron chi connectivity index (χ3n) is 4.97. The predicted octanol–water partition coefficient (Wildman–Crippen LogP) is 5.61. The topological polar surface area (TPSA) is 60.8 Å². The van der Waals surface area contributed by atoms with E-state index in [0.717, 1.165) is 12.8 Å². The van der Waals surface area contributed by atoms with E-state index in [1.807, 2.05) is 0 Å². The maximum atomic E-state index is 12.2. The van der Waals surface area contributed by atoms with Gasteiger partial charge >= 0.3 is 0 Å². The zero-order valence-electron chi connectivity index (χ0n) is 18.9. The molecule has 2 unspecified atom stereocenters. The van der Waals surface area contributed by atoms with Crippen molar-refractivity contribution in [3.05, 3.63) is 12.2 Å². The van der Waals surface area contributed by atoms with Crippen LogP contribution in [-0.4, -0.2) is 46.3 Å². The van der Waals surface area contributed by atoms with Gasteiger partial charge in [-0.05, 0) is 46.0 Å². The van der Waals surface area contributed by atoms with E-state index < -0.39 is 12.2 Å². The van der Waals surface area contributed by atoms with Gasteiger partial charge in [-0.2, -0.15) is 0 Å². The van der Waals surface area contributed by atoms with Crippen LogP contribution in [0.25, 0.3) is 0 Å². The first kappa shape index (κ1) is 27.1. The second-order valence-corrected chi connectivity index (χ2v) is 8.33. The lowest BCUT2D eigenvalue weighted by molar-refractivity contribution is -0.134. The number of aliphatic hydroxyl groups excluding tert-OH is 2. The summed E-state index contributed by atoms with van der Waals surface area (Å²) in [5, 5.41) is 19.0. The van der Waals surface area contributed by atoms with Gasteiger partial charge in [-0.3, -0.25) is 4.79 Å². The van der Waals surface area contributed by atoms with Gasteiger partial charge in [0.15, 0.2) is 0 Å². The molecule has 0 fully saturated rings. The van der Waals surface area contributed by atoms with Gasteiger partial charge in [0.2, 0.25) is 5.91 Å². The van der Waals surface area contributed by atoms with Gasteiger partial charge in [0.1, 0.15) is 0 Å². The number of nitrogens with zero attached hydrogens (tertiary/aromatic N) is 1. The highest BCUT2D eigenvalue weighted by Gasteiger charge is 2.16. The standard InChI is InChI=1S/C24H47NO3/c1-4-5-6-7-8-9-10-11-12-13-14-15-16-17-18-19-24(28)25(20-22(2)26)21-23(3)27/h11-12,22-23,26-27H,4-10,13-21H2,1-3H3/b12-11+. The Balaban J connectivity index is 3.57. The monoisotopic (exact) mass is 397 g/mol. The average molecular weight is 398 g/mol. The Labute approximate surface area is 174 Å². The van der Waals surface area contributed by atoms with Crippen LogP contribution in [0.4, 0.5) is 0 Å². The van der Waals surface area contributed by atoms with Crippen molar-refractivity contribution in [2.45, 2.75) is 123 Å². The molecule has 28 heavy (non-hydrogen) atoms. The predicted molar refractivity (Wildman–Crippen MR) is 119 cm³/mol. The number of hydrogen-bond donors (Lipinski definition) is 2. The minimum absolute atomic E-state index is 0.0411. The zero-order valence-corrected chi connectivity index (χ0v) is 18.9. The molecule has 0 aliphatic heterocycles. The van der Waals surface area contributed by atoms with E-state index in [1.165, 1.54) is 70.6 Å². The number of allylic oxidation sites excluding steroid dienone is 2. The fraction of sp³-hybridized carbons (Fsp3) is 0.875. The number of hydrogen-bond acceptors (Lipinski definition) is 3. The molecule has 2 atom stereocenters. The van der Waals surface area contributed by atoms with Gasteiger partial charge in [0.05, 0.1) is 12.2 Å². The number of carbonyl (C=O) groups excluding carboxylic acids is 1. The van der Waals surface area contributed by atoms with Gasteiger partial charge in [0.25, 0.3) is 0 Å². The summed E-state index contributed by atoms with van der Waals surface area (Å²) < 4.78 is 0. The molecular formula is C24H47NO3. The summed E-state index contributed by atoms with van der Waals surface area (Å²) in [4.78, 5) is 13.8. The number of rotatable bonds is 19. The number of carbonyl (C=O) groups is 1. The highest BCUT2D eigenvalue weighted by Crippen LogP contribution is 2.11. The molecule has 4 heteroatoms. The van der Waals surface area contributed by atoms with E-state index >= 15 is 0 Å². The van der Waals surface area contributed by atoms with Gasteiger partial charge < -0.3 is 15.1 Å². The number of amides is 1. The Kier molecular flexibility index (Phi) is 18.8. The molecule has 0 radical (unpaired) electrons. The maximum absolute atomic E-state index is 12.2. The molecule has 0 saturated carbocycles. The third kappa shape index (κ3) is 18.5. The Morgan fingerprint density at radius 3 is 1.64 bits per heavy atom. The minimum Gasteiger partial charge on any atom is -0.392 e. The Bertz CT molecular complexity index is 370. The number of aliphatic hydroxyl groups is 2. The van der Waals surface area contributed by atoms with Crippen LogP contribution in [-0.2, 0) is 4.79 Å². The molecule has 166 valence electrons. The second-order valence-electron chi connectivity index (χ2n) is 8.33. The van der Waals surface area contributed by atoms with Crippen molar-refractivity contribution >= 4 is 5.91 Å². The molecule has 0 aliphatic rings. The van der Waals surface area contributed by atoms with Crippen molar-refractivity contribution in [3.63, 3.8) is 0 Å². The van der Waals surface area contributed by atoms with Crippen LogP contribution in [0.15, 0.2) is 12.2 Å². The fourth-order valence-corrected chi connectivity index (χ4v) is 3.42. The summed E-state index contributed by atoms with van der Waals surface area (Å²) in [6.07, 6.45) is 20.2. The van der Waals surface area contributed by atoms with Crippen molar-refractivity contribution in [1.82, 2.24) is 4.90 Å². The van der Waals surface area contributed by atoms with Crippen LogP contribution in [0.5, 0.6) is 0 Å². The highest BCUT2D eigenvalue weighted by molar-refractivity contribution is 5.76. The van der Waals surface area contributed by atoms with E-state index in [-0.39, 0.29) is 5.91 Å². The first-order chi connectivity index (χ1) is 13.5. The van der Waals surface area contributed by atoms with Crippen molar-refractivity contribution < 1.29 is 15.0 Å². The van der Waals surface area contributed by atoms with Gasteiger partial charge in [0, 0.05) is 19.5 Å². The van der Waals surface area contributed by atoms with Crippen LogP contribution in [0.1, 0.15) is 111 Å². The lowest BCUT2D eigenvalue weighted by Crippen LogP contribution is -2.40. The Morgan fingerprint density at radius 2 is 1.18 bits per heavy atom. The summed E-state index contributed by atoms with van der Waals surface area (Å²) >= 11 is 0. The molecule has 0 spiro atoms. The SMILES string of the molecule is CCCCCCCC/C=C/CCCCCCCC(=O)N(CC(C)O)CC(C)O. The second kappa shape index (κ2) is 19.4. The summed E-state index contributed by atoms with van der Waals surface area (Å²) in [5.74, 6) is 0.0411. The first-order valence-corrected chi connectivity index (χ1v) is 11.8. The fourth-order valence-electron chi connectivity index (χ4n) is 3.42. The molecule has 1 amide bonds. The molecule has 2 N–H and O–H groups in total. The summed E-state index contributed by atoms with van der Waals surface area (Å²) in [6.45, 7) is 6.20. The lowest BCUT2D eigenvalue weighted by Gasteiger charge is -2.25. The summed E-state index contributed by atoms with van der Waals surface area (Å²) in [7, 11) is 0. The highest BCUT2D eigenvalue weighted by atomic mass is 16.3. The van der Waals surface area contributed by atoms with E-state index in [9.17, 15) is 15.0 Å². The van der Waals surface area contributed by atoms with Crippen molar-refractivity contribution in [2.24, 2.45) is 0 Å². The van der Waals surface area contributed by atoms with Crippen LogP contribution in [0.2, 0.25) is 0 Å². The summed E-state index contributed by atoms with van der Waals surface area (Å²) in [6, 6.07) is 0. The molecule has 0 heterocycles. The molecule has 0 saturated heterocycles. The average Bonchev–Trinajstić information content (AvgIpc) is 2.63. The van der Waals surface area contributed by atoms with E-state index in [2.05, 4.69) is 19.1 Å². The van der Waals surface area contributed by atoms with Crippen LogP contribution < -0.4 is 0 Å². The largest absolute Gasteiger partial charge is 0.392 e. The molecule has 0 aliphatic carbocycles. The van der Waals surface area contributed by atoms with Crippen molar-refractivity contribution in [3.8, 4) is 0 Å². The van der Waals surface area contributed by atoms with Crippen LogP contribution >= 0.6 is 0 Å². The van der Waals surface area contributed by atoms with E-state index in [0.29, 0.717) is 19.5 Å².